The summed E-state index contributed by atoms with van der Waals surface area (Å²) in [5.74, 6) is 0. The summed E-state index contributed by atoms with van der Waals surface area (Å²) in [5, 5.41) is 0. The van der Waals surface area contributed by atoms with Gasteiger partial charge in [-0.05, 0) is 26.2 Å². The lowest BCUT2D eigenvalue weighted by molar-refractivity contribution is -0.00543. The molecule has 15 heavy (non-hydrogen) atoms. The number of nitrogens with two attached hydrogens (primary N) is 1. The molecule has 1 rings (SSSR count). The van der Waals surface area contributed by atoms with Crippen molar-refractivity contribution < 1.29 is 4.74 Å². The molecular formula is C13H23NO. The van der Waals surface area contributed by atoms with Gasteiger partial charge >= 0.3 is 0 Å². The minimum Gasteiger partial charge on any atom is -0.403 e. The lowest BCUT2D eigenvalue weighted by atomic mass is 9.97. The van der Waals surface area contributed by atoms with Crippen LogP contribution < -0.4 is 5.73 Å². The molecule has 1 fully saturated rings. The summed E-state index contributed by atoms with van der Waals surface area (Å²) in [6, 6.07) is 0. The van der Waals surface area contributed by atoms with Crippen LogP contribution in [0.3, 0.4) is 0 Å². The van der Waals surface area contributed by atoms with Crippen molar-refractivity contribution >= 4 is 0 Å². The first-order valence-corrected chi connectivity index (χ1v) is 5.92. The molecule has 0 aliphatic heterocycles. The number of rotatable bonds is 5. The molecule has 0 amide bonds. The molecule has 0 radical (unpaired) electrons. The Labute approximate surface area is 93.2 Å². The molecule has 2 heteroatoms. The van der Waals surface area contributed by atoms with Gasteiger partial charge in [0, 0.05) is 5.70 Å². The van der Waals surface area contributed by atoms with Crippen LogP contribution in [0.5, 0.6) is 0 Å². The molecule has 0 bridgehead atoms. The lowest BCUT2D eigenvalue weighted by Crippen LogP contribution is -2.22. The van der Waals surface area contributed by atoms with Crippen molar-refractivity contribution in [3.8, 4) is 0 Å². The third-order valence-corrected chi connectivity index (χ3v) is 2.85. The van der Waals surface area contributed by atoms with Crippen molar-refractivity contribution in [3.05, 3.63) is 24.4 Å². The van der Waals surface area contributed by atoms with Gasteiger partial charge in [0.15, 0.2) is 0 Å². The standard InChI is InChI=1S/C13H23NO/c1-3-12(10-9-11(2)14)15-13-7-5-4-6-8-13/h3,9,12-13H,1,4-8,10,14H2,2H3/b11-9+. The van der Waals surface area contributed by atoms with E-state index in [0.717, 1.165) is 12.1 Å². The van der Waals surface area contributed by atoms with E-state index in [2.05, 4.69) is 6.58 Å². The molecule has 0 aromatic carbocycles. The molecular weight excluding hydrogens is 186 g/mol. The van der Waals surface area contributed by atoms with E-state index in [1.807, 2.05) is 19.1 Å². The Kier molecular flexibility index (Phi) is 5.48. The van der Waals surface area contributed by atoms with Gasteiger partial charge in [-0.25, -0.2) is 0 Å². The second-order valence-corrected chi connectivity index (χ2v) is 4.35. The van der Waals surface area contributed by atoms with Gasteiger partial charge in [0.2, 0.25) is 0 Å². The molecule has 0 aromatic heterocycles. The summed E-state index contributed by atoms with van der Waals surface area (Å²) in [5.41, 5.74) is 6.46. The van der Waals surface area contributed by atoms with Gasteiger partial charge in [0.05, 0.1) is 12.2 Å². The number of hydrogen-bond donors (Lipinski definition) is 1. The fourth-order valence-corrected chi connectivity index (χ4v) is 1.96. The number of allylic oxidation sites excluding steroid dienone is 1. The summed E-state index contributed by atoms with van der Waals surface area (Å²) in [6.45, 7) is 5.71. The quantitative estimate of drug-likeness (QED) is 0.706. The lowest BCUT2D eigenvalue weighted by Gasteiger charge is -2.25. The molecule has 0 heterocycles. The molecule has 1 aliphatic carbocycles. The number of hydrogen-bond acceptors (Lipinski definition) is 2. The van der Waals surface area contributed by atoms with Crippen molar-refractivity contribution in [2.24, 2.45) is 5.73 Å². The summed E-state index contributed by atoms with van der Waals surface area (Å²) in [4.78, 5) is 0. The van der Waals surface area contributed by atoms with Crippen LogP contribution >= 0.6 is 0 Å². The van der Waals surface area contributed by atoms with Gasteiger partial charge in [0.25, 0.3) is 0 Å². The third kappa shape index (κ3) is 5.03. The summed E-state index contributed by atoms with van der Waals surface area (Å²) >= 11 is 0. The Morgan fingerprint density at radius 1 is 1.47 bits per heavy atom. The second kappa shape index (κ2) is 6.67. The van der Waals surface area contributed by atoms with E-state index < -0.39 is 0 Å². The maximum absolute atomic E-state index is 5.97. The van der Waals surface area contributed by atoms with Gasteiger partial charge in [-0.1, -0.05) is 31.4 Å². The van der Waals surface area contributed by atoms with Crippen molar-refractivity contribution in [3.63, 3.8) is 0 Å². The summed E-state index contributed by atoms with van der Waals surface area (Å²) in [7, 11) is 0. The Hall–Kier alpha value is -0.760. The first kappa shape index (κ1) is 12.3. The topological polar surface area (TPSA) is 35.2 Å². The average Bonchev–Trinajstić information content (AvgIpc) is 2.25. The van der Waals surface area contributed by atoms with Crippen LogP contribution in [0.15, 0.2) is 24.4 Å². The van der Waals surface area contributed by atoms with Crippen molar-refractivity contribution in [1.29, 1.82) is 0 Å². The van der Waals surface area contributed by atoms with Crippen LogP contribution in [0.4, 0.5) is 0 Å². The highest BCUT2D eigenvalue weighted by atomic mass is 16.5. The Morgan fingerprint density at radius 2 is 2.13 bits per heavy atom. The summed E-state index contributed by atoms with van der Waals surface area (Å²) in [6.07, 6.45) is 11.7. The van der Waals surface area contributed by atoms with Crippen LogP contribution in [0.2, 0.25) is 0 Å². The first-order chi connectivity index (χ1) is 7.22. The van der Waals surface area contributed by atoms with Crippen molar-refractivity contribution in [2.45, 2.75) is 57.7 Å². The van der Waals surface area contributed by atoms with E-state index in [9.17, 15) is 0 Å². The average molecular weight is 209 g/mol. The Morgan fingerprint density at radius 3 is 2.67 bits per heavy atom. The first-order valence-electron chi connectivity index (χ1n) is 5.92. The molecule has 1 aliphatic rings. The molecule has 86 valence electrons. The van der Waals surface area contributed by atoms with Crippen LogP contribution in [-0.2, 0) is 4.74 Å². The van der Waals surface area contributed by atoms with Gasteiger partial charge < -0.3 is 10.5 Å². The highest BCUT2D eigenvalue weighted by molar-refractivity contribution is 4.96. The number of ether oxygens (including phenoxy) is 1. The Balaban J connectivity index is 2.31. The second-order valence-electron chi connectivity index (χ2n) is 4.35. The van der Waals surface area contributed by atoms with Crippen LogP contribution in [0.25, 0.3) is 0 Å². The Bertz CT molecular complexity index is 213. The van der Waals surface area contributed by atoms with Gasteiger partial charge in [0.1, 0.15) is 0 Å². The van der Waals surface area contributed by atoms with Crippen LogP contribution in [-0.4, -0.2) is 12.2 Å². The van der Waals surface area contributed by atoms with Crippen LogP contribution in [0, 0.1) is 0 Å². The zero-order chi connectivity index (χ0) is 11.1. The SMILES string of the molecule is C=CC(C/C=C(\C)N)OC1CCCCC1. The van der Waals surface area contributed by atoms with Crippen molar-refractivity contribution in [1.82, 2.24) is 0 Å². The van der Waals surface area contributed by atoms with Gasteiger partial charge in [-0.15, -0.1) is 6.58 Å². The van der Waals surface area contributed by atoms with E-state index in [1.165, 1.54) is 32.1 Å². The van der Waals surface area contributed by atoms with Crippen LogP contribution in [0.1, 0.15) is 45.4 Å². The third-order valence-electron chi connectivity index (χ3n) is 2.85. The smallest absolute Gasteiger partial charge is 0.0792 e. The van der Waals surface area contributed by atoms with E-state index >= 15 is 0 Å². The predicted molar refractivity (Wildman–Crippen MR) is 64.5 cm³/mol. The molecule has 1 atom stereocenters. The highest BCUT2D eigenvalue weighted by Gasteiger charge is 2.16. The molecule has 2 N–H and O–H groups in total. The molecule has 2 nitrogen and oxygen atoms in total. The highest BCUT2D eigenvalue weighted by Crippen LogP contribution is 2.22. The molecule has 1 unspecified atom stereocenters. The summed E-state index contributed by atoms with van der Waals surface area (Å²) < 4.78 is 5.97. The van der Waals surface area contributed by atoms with E-state index in [1.54, 1.807) is 0 Å². The normalized spacial score (nSPS) is 21.3. The zero-order valence-corrected chi connectivity index (χ0v) is 9.74. The minimum absolute atomic E-state index is 0.131. The minimum atomic E-state index is 0.131. The van der Waals surface area contributed by atoms with E-state index in [-0.39, 0.29) is 6.10 Å². The molecule has 1 saturated carbocycles. The van der Waals surface area contributed by atoms with E-state index in [4.69, 9.17) is 10.5 Å². The molecule has 0 aromatic rings. The molecule has 0 saturated heterocycles. The maximum atomic E-state index is 5.97. The van der Waals surface area contributed by atoms with E-state index in [0.29, 0.717) is 6.10 Å². The van der Waals surface area contributed by atoms with Gasteiger partial charge in [-0.3, -0.25) is 0 Å². The fourth-order valence-electron chi connectivity index (χ4n) is 1.96. The monoisotopic (exact) mass is 209 g/mol. The predicted octanol–water partition coefficient (Wildman–Crippen LogP) is 3.14. The van der Waals surface area contributed by atoms with Gasteiger partial charge in [-0.2, -0.15) is 0 Å². The molecule has 0 spiro atoms. The van der Waals surface area contributed by atoms with Crippen molar-refractivity contribution in [2.75, 3.05) is 0 Å². The fraction of sp³-hybridized carbons (Fsp3) is 0.692. The zero-order valence-electron chi connectivity index (χ0n) is 9.74. The largest absolute Gasteiger partial charge is 0.403 e. The maximum Gasteiger partial charge on any atom is 0.0792 e.